The standard InChI is InChI=1S/C21H23N5O2/c1-16-5-2-3-6-17(16)15-23-21-22-9-8-19(24-21)25-10-12-26(13-11-25)20(27)18-7-4-14-28-18/h2-9,14H,10-13,15H2,1H3,(H,22,23,24). The van der Waals surface area contributed by atoms with Crippen molar-refractivity contribution >= 4 is 17.7 Å². The Morgan fingerprint density at radius 3 is 2.68 bits per heavy atom. The Labute approximate surface area is 164 Å². The fraction of sp³-hybridized carbons (Fsp3) is 0.286. The molecule has 7 nitrogen and oxygen atoms in total. The van der Waals surface area contributed by atoms with Gasteiger partial charge >= 0.3 is 0 Å². The van der Waals surface area contributed by atoms with Crippen LogP contribution in [0.4, 0.5) is 11.8 Å². The largest absolute Gasteiger partial charge is 0.459 e. The lowest BCUT2D eigenvalue weighted by Crippen LogP contribution is -2.49. The molecule has 0 bridgehead atoms. The molecule has 1 aliphatic heterocycles. The SMILES string of the molecule is Cc1ccccc1CNc1nccc(N2CCN(C(=O)c3ccco3)CC2)n1. The molecule has 4 rings (SSSR count). The second kappa shape index (κ2) is 8.12. The number of anilines is 2. The molecule has 1 fully saturated rings. The number of carbonyl (C=O) groups excluding carboxylic acids is 1. The van der Waals surface area contributed by atoms with Crippen molar-refractivity contribution in [3.63, 3.8) is 0 Å². The van der Waals surface area contributed by atoms with Gasteiger partial charge in [0.15, 0.2) is 5.76 Å². The van der Waals surface area contributed by atoms with Gasteiger partial charge in [0.05, 0.1) is 6.26 Å². The molecule has 7 heteroatoms. The van der Waals surface area contributed by atoms with Crippen LogP contribution in [-0.2, 0) is 6.54 Å². The molecule has 144 valence electrons. The molecule has 28 heavy (non-hydrogen) atoms. The quantitative estimate of drug-likeness (QED) is 0.737. The van der Waals surface area contributed by atoms with Crippen molar-refractivity contribution in [1.82, 2.24) is 14.9 Å². The number of benzene rings is 1. The fourth-order valence-corrected chi connectivity index (χ4v) is 3.29. The lowest BCUT2D eigenvalue weighted by molar-refractivity contribution is 0.0714. The van der Waals surface area contributed by atoms with Gasteiger partial charge in [-0.05, 0) is 36.2 Å². The van der Waals surface area contributed by atoms with Crippen LogP contribution in [-0.4, -0.2) is 47.0 Å². The molecule has 0 atom stereocenters. The van der Waals surface area contributed by atoms with Gasteiger partial charge in [-0.15, -0.1) is 0 Å². The van der Waals surface area contributed by atoms with Gasteiger partial charge in [-0.1, -0.05) is 24.3 Å². The summed E-state index contributed by atoms with van der Waals surface area (Å²) in [4.78, 5) is 25.3. The van der Waals surface area contributed by atoms with Crippen LogP contribution in [0.25, 0.3) is 0 Å². The van der Waals surface area contributed by atoms with E-state index in [9.17, 15) is 4.79 Å². The summed E-state index contributed by atoms with van der Waals surface area (Å²) in [6.07, 6.45) is 3.29. The number of rotatable bonds is 5. The van der Waals surface area contributed by atoms with Gasteiger partial charge in [0.1, 0.15) is 5.82 Å². The Morgan fingerprint density at radius 2 is 1.93 bits per heavy atom. The molecule has 1 aliphatic rings. The second-order valence-corrected chi connectivity index (χ2v) is 6.78. The summed E-state index contributed by atoms with van der Waals surface area (Å²) >= 11 is 0. The number of carbonyl (C=O) groups is 1. The summed E-state index contributed by atoms with van der Waals surface area (Å²) in [7, 11) is 0. The highest BCUT2D eigenvalue weighted by Gasteiger charge is 2.24. The summed E-state index contributed by atoms with van der Waals surface area (Å²) in [5.41, 5.74) is 2.46. The molecule has 0 unspecified atom stereocenters. The minimum Gasteiger partial charge on any atom is -0.459 e. The summed E-state index contributed by atoms with van der Waals surface area (Å²) in [6, 6.07) is 13.6. The Morgan fingerprint density at radius 1 is 1.11 bits per heavy atom. The smallest absolute Gasteiger partial charge is 0.289 e. The first-order valence-electron chi connectivity index (χ1n) is 9.40. The Balaban J connectivity index is 1.36. The van der Waals surface area contributed by atoms with Crippen molar-refractivity contribution in [3.05, 3.63) is 71.8 Å². The average molecular weight is 377 g/mol. The summed E-state index contributed by atoms with van der Waals surface area (Å²) in [5, 5.41) is 3.30. The Hall–Kier alpha value is -3.35. The number of aromatic nitrogens is 2. The van der Waals surface area contributed by atoms with Crippen molar-refractivity contribution in [3.8, 4) is 0 Å². The van der Waals surface area contributed by atoms with E-state index in [0.29, 0.717) is 31.3 Å². The number of amides is 1. The van der Waals surface area contributed by atoms with Crippen molar-refractivity contribution < 1.29 is 9.21 Å². The van der Waals surface area contributed by atoms with E-state index in [1.54, 1.807) is 18.3 Å². The zero-order valence-corrected chi connectivity index (χ0v) is 15.8. The first-order valence-corrected chi connectivity index (χ1v) is 9.40. The summed E-state index contributed by atoms with van der Waals surface area (Å²) in [6.45, 7) is 5.49. The van der Waals surface area contributed by atoms with E-state index in [1.165, 1.54) is 17.4 Å². The first kappa shape index (κ1) is 18.0. The molecular formula is C21H23N5O2. The van der Waals surface area contributed by atoms with Gasteiger partial charge < -0.3 is 19.5 Å². The Bertz CT molecular complexity index is 933. The maximum absolute atomic E-state index is 12.4. The van der Waals surface area contributed by atoms with E-state index in [0.717, 1.165) is 18.9 Å². The van der Waals surface area contributed by atoms with Crippen LogP contribution in [0.2, 0.25) is 0 Å². The van der Waals surface area contributed by atoms with Crippen LogP contribution < -0.4 is 10.2 Å². The molecular weight excluding hydrogens is 354 g/mol. The highest BCUT2D eigenvalue weighted by atomic mass is 16.3. The minimum absolute atomic E-state index is 0.0621. The predicted octanol–water partition coefficient (Wildman–Crippen LogP) is 2.95. The molecule has 0 spiro atoms. The summed E-state index contributed by atoms with van der Waals surface area (Å²) < 4.78 is 5.21. The topological polar surface area (TPSA) is 74.5 Å². The third kappa shape index (κ3) is 3.98. The molecule has 1 N–H and O–H groups in total. The van der Waals surface area contributed by atoms with E-state index in [2.05, 4.69) is 39.2 Å². The van der Waals surface area contributed by atoms with Crippen LogP contribution in [0, 0.1) is 6.92 Å². The normalized spacial score (nSPS) is 14.2. The monoisotopic (exact) mass is 377 g/mol. The molecule has 0 aliphatic carbocycles. The highest BCUT2D eigenvalue weighted by molar-refractivity contribution is 5.91. The first-order chi connectivity index (χ1) is 13.7. The van der Waals surface area contributed by atoms with E-state index in [1.807, 2.05) is 23.1 Å². The highest BCUT2D eigenvalue weighted by Crippen LogP contribution is 2.17. The van der Waals surface area contributed by atoms with Crippen LogP contribution in [0.3, 0.4) is 0 Å². The molecule has 1 aromatic carbocycles. The molecule has 0 radical (unpaired) electrons. The van der Waals surface area contributed by atoms with Crippen LogP contribution in [0.15, 0.2) is 59.3 Å². The van der Waals surface area contributed by atoms with E-state index < -0.39 is 0 Å². The van der Waals surface area contributed by atoms with Crippen molar-refractivity contribution in [1.29, 1.82) is 0 Å². The minimum atomic E-state index is -0.0621. The number of piperazine rings is 1. The van der Waals surface area contributed by atoms with Crippen LogP contribution in [0.5, 0.6) is 0 Å². The third-order valence-corrected chi connectivity index (χ3v) is 4.96. The van der Waals surface area contributed by atoms with Crippen molar-refractivity contribution in [2.75, 3.05) is 36.4 Å². The second-order valence-electron chi connectivity index (χ2n) is 6.78. The fourth-order valence-electron chi connectivity index (χ4n) is 3.29. The predicted molar refractivity (Wildman–Crippen MR) is 107 cm³/mol. The van der Waals surface area contributed by atoms with Crippen LogP contribution >= 0.6 is 0 Å². The molecule has 1 amide bonds. The van der Waals surface area contributed by atoms with E-state index in [-0.39, 0.29) is 5.91 Å². The molecule has 3 aromatic rings. The number of hydrogen-bond donors (Lipinski definition) is 1. The number of hydrogen-bond acceptors (Lipinski definition) is 6. The lowest BCUT2D eigenvalue weighted by Gasteiger charge is -2.35. The lowest BCUT2D eigenvalue weighted by atomic mass is 10.1. The van der Waals surface area contributed by atoms with Crippen molar-refractivity contribution in [2.24, 2.45) is 0 Å². The van der Waals surface area contributed by atoms with Gasteiger partial charge in [0, 0.05) is 38.9 Å². The summed E-state index contributed by atoms with van der Waals surface area (Å²) in [5.74, 6) is 1.80. The van der Waals surface area contributed by atoms with E-state index in [4.69, 9.17) is 4.42 Å². The van der Waals surface area contributed by atoms with Gasteiger partial charge in [-0.2, -0.15) is 4.98 Å². The molecule has 1 saturated heterocycles. The molecule has 0 saturated carbocycles. The van der Waals surface area contributed by atoms with Gasteiger partial charge in [0.25, 0.3) is 5.91 Å². The number of furan rings is 1. The maximum atomic E-state index is 12.4. The van der Waals surface area contributed by atoms with E-state index >= 15 is 0 Å². The van der Waals surface area contributed by atoms with Gasteiger partial charge in [-0.25, -0.2) is 4.98 Å². The van der Waals surface area contributed by atoms with Crippen molar-refractivity contribution in [2.45, 2.75) is 13.5 Å². The Kier molecular flexibility index (Phi) is 5.23. The van der Waals surface area contributed by atoms with Gasteiger partial charge in [0.2, 0.25) is 5.95 Å². The average Bonchev–Trinajstić information content (AvgIpc) is 3.28. The third-order valence-electron chi connectivity index (χ3n) is 4.96. The number of nitrogens with zero attached hydrogens (tertiary/aromatic N) is 4. The maximum Gasteiger partial charge on any atom is 0.289 e. The molecule has 2 aromatic heterocycles. The number of aryl methyl sites for hydroxylation is 1. The zero-order valence-electron chi connectivity index (χ0n) is 15.8. The molecule has 3 heterocycles. The van der Waals surface area contributed by atoms with Gasteiger partial charge in [-0.3, -0.25) is 4.79 Å². The van der Waals surface area contributed by atoms with Crippen LogP contribution in [0.1, 0.15) is 21.7 Å². The number of nitrogens with one attached hydrogen (secondary N) is 1. The zero-order chi connectivity index (χ0) is 19.3.